The van der Waals surface area contributed by atoms with Gasteiger partial charge in [-0.3, -0.25) is 0 Å². The smallest absolute Gasteiger partial charge is 0.0920 e. The lowest BCUT2D eigenvalue weighted by atomic mass is 9.76. The predicted octanol–water partition coefficient (Wildman–Crippen LogP) is 4.03. The highest BCUT2D eigenvalue weighted by Crippen LogP contribution is 2.36. The molecule has 0 amide bonds. The molecule has 0 unspecified atom stereocenters. The predicted molar refractivity (Wildman–Crippen MR) is 67.7 cm³/mol. The normalized spacial score (nSPS) is 38.6. The summed E-state index contributed by atoms with van der Waals surface area (Å²) in [6, 6.07) is 0.169. The standard InChI is InChI=1S/C13H22N2O2/c16-14-12-5-1-10(2-6-12)9-11-3-7-13(15-17)8-4-11/h10-13H,1-9H2. The van der Waals surface area contributed by atoms with Crippen LogP contribution in [0.25, 0.3) is 0 Å². The molecule has 96 valence electrons. The molecule has 0 bridgehead atoms. The molecule has 2 fully saturated rings. The summed E-state index contributed by atoms with van der Waals surface area (Å²) in [7, 11) is 0. The van der Waals surface area contributed by atoms with E-state index < -0.39 is 0 Å². The molecule has 0 aromatic carbocycles. The SMILES string of the molecule is O=NC1CCC(CC2CCC(N=O)CC2)CC1. The van der Waals surface area contributed by atoms with E-state index in [2.05, 4.69) is 10.4 Å². The van der Waals surface area contributed by atoms with Crippen LogP contribution in [0.2, 0.25) is 0 Å². The Kier molecular flexibility index (Phi) is 4.63. The van der Waals surface area contributed by atoms with E-state index in [9.17, 15) is 9.81 Å². The second kappa shape index (κ2) is 6.22. The van der Waals surface area contributed by atoms with Gasteiger partial charge in [0.15, 0.2) is 0 Å². The van der Waals surface area contributed by atoms with Gasteiger partial charge in [0.05, 0.1) is 12.1 Å². The maximum atomic E-state index is 10.4. The summed E-state index contributed by atoms with van der Waals surface area (Å²) in [5.74, 6) is 1.58. The molecule has 17 heavy (non-hydrogen) atoms. The van der Waals surface area contributed by atoms with Gasteiger partial charge in [0.25, 0.3) is 0 Å². The van der Waals surface area contributed by atoms with Gasteiger partial charge in [-0.1, -0.05) is 10.4 Å². The maximum absolute atomic E-state index is 10.4. The molecule has 0 aliphatic heterocycles. The van der Waals surface area contributed by atoms with E-state index >= 15 is 0 Å². The summed E-state index contributed by atoms with van der Waals surface area (Å²) in [6.07, 6.45) is 9.91. The first-order valence-corrected chi connectivity index (χ1v) is 6.96. The van der Waals surface area contributed by atoms with Gasteiger partial charge in [0, 0.05) is 0 Å². The van der Waals surface area contributed by atoms with Crippen LogP contribution in [0.1, 0.15) is 57.8 Å². The molecule has 4 nitrogen and oxygen atoms in total. The molecular weight excluding hydrogens is 216 g/mol. The fourth-order valence-electron chi connectivity index (χ4n) is 3.44. The minimum Gasteiger partial charge on any atom is -0.151 e. The molecule has 2 rings (SSSR count). The lowest BCUT2D eigenvalue weighted by Gasteiger charge is -2.31. The Labute approximate surface area is 102 Å². The highest BCUT2D eigenvalue weighted by atomic mass is 16.3. The van der Waals surface area contributed by atoms with Crippen molar-refractivity contribution in [1.82, 2.24) is 0 Å². The molecule has 0 atom stereocenters. The Morgan fingerprint density at radius 2 is 1.00 bits per heavy atom. The number of hydrogen-bond acceptors (Lipinski definition) is 4. The molecule has 2 saturated carbocycles. The second-order valence-electron chi connectivity index (χ2n) is 5.80. The molecule has 0 radical (unpaired) electrons. The zero-order valence-corrected chi connectivity index (χ0v) is 10.4. The third-order valence-electron chi connectivity index (χ3n) is 4.60. The van der Waals surface area contributed by atoms with Crippen molar-refractivity contribution in [3.63, 3.8) is 0 Å². The molecule has 4 heteroatoms. The third-order valence-corrected chi connectivity index (χ3v) is 4.60. The van der Waals surface area contributed by atoms with Crippen molar-refractivity contribution in [3.8, 4) is 0 Å². The zero-order chi connectivity index (χ0) is 12.1. The molecule has 2 aliphatic rings. The van der Waals surface area contributed by atoms with E-state index in [-0.39, 0.29) is 12.1 Å². The molecule has 0 aromatic rings. The lowest BCUT2D eigenvalue weighted by molar-refractivity contribution is 0.225. The Bertz CT molecular complexity index is 228. The molecule has 0 spiro atoms. The van der Waals surface area contributed by atoms with Crippen molar-refractivity contribution in [2.45, 2.75) is 69.9 Å². The first kappa shape index (κ1) is 12.7. The Balaban J connectivity index is 1.68. The highest BCUT2D eigenvalue weighted by molar-refractivity contribution is 4.82. The fraction of sp³-hybridized carbons (Fsp3) is 1.00. The Morgan fingerprint density at radius 3 is 1.29 bits per heavy atom. The van der Waals surface area contributed by atoms with Gasteiger partial charge in [0.1, 0.15) is 0 Å². The zero-order valence-electron chi connectivity index (χ0n) is 10.4. The van der Waals surface area contributed by atoms with Crippen molar-refractivity contribution in [2.24, 2.45) is 22.2 Å². The van der Waals surface area contributed by atoms with Crippen molar-refractivity contribution in [2.75, 3.05) is 0 Å². The van der Waals surface area contributed by atoms with Gasteiger partial charge in [-0.05, 0) is 69.6 Å². The van der Waals surface area contributed by atoms with Crippen LogP contribution in [-0.2, 0) is 0 Å². The van der Waals surface area contributed by atoms with Crippen LogP contribution in [-0.4, -0.2) is 12.1 Å². The average Bonchev–Trinajstić information content (AvgIpc) is 2.40. The van der Waals surface area contributed by atoms with Gasteiger partial charge < -0.3 is 0 Å². The number of nitroso groups, excluding NO2 is 2. The monoisotopic (exact) mass is 238 g/mol. The van der Waals surface area contributed by atoms with Gasteiger partial charge in [-0.25, -0.2) is 0 Å². The van der Waals surface area contributed by atoms with Crippen LogP contribution < -0.4 is 0 Å². The topological polar surface area (TPSA) is 58.9 Å². The summed E-state index contributed by atoms with van der Waals surface area (Å²) in [4.78, 5) is 20.9. The van der Waals surface area contributed by atoms with Crippen molar-refractivity contribution >= 4 is 0 Å². The minimum absolute atomic E-state index is 0.0845. The molecule has 0 N–H and O–H groups in total. The largest absolute Gasteiger partial charge is 0.151 e. The van der Waals surface area contributed by atoms with E-state index in [1.807, 2.05) is 0 Å². The summed E-state index contributed by atoms with van der Waals surface area (Å²) in [5, 5.41) is 6.31. The van der Waals surface area contributed by atoms with E-state index in [4.69, 9.17) is 0 Å². The fourth-order valence-corrected chi connectivity index (χ4v) is 3.44. The summed E-state index contributed by atoms with van der Waals surface area (Å²) in [5.41, 5.74) is 0. The highest BCUT2D eigenvalue weighted by Gasteiger charge is 2.27. The first-order chi connectivity index (χ1) is 8.31. The minimum atomic E-state index is 0.0845. The third kappa shape index (κ3) is 3.58. The number of nitrogens with zero attached hydrogens (tertiary/aromatic N) is 2. The summed E-state index contributed by atoms with van der Waals surface area (Å²) >= 11 is 0. The number of rotatable bonds is 4. The van der Waals surface area contributed by atoms with E-state index in [0.717, 1.165) is 37.5 Å². The second-order valence-corrected chi connectivity index (χ2v) is 5.80. The van der Waals surface area contributed by atoms with Gasteiger partial charge >= 0.3 is 0 Å². The summed E-state index contributed by atoms with van der Waals surface area (Å²) in [6.45, 7) is 0. The maximum Gasteiger partial charge on any atom is 0.0920 e. The van der Waals surface area contributed by atoms with Crippen molar-refractivity contribution < 1.29 is 0 Å². The first-order valence-electron chi connectivity index (χ1n) is 6.96. The Hall–Kier alpha value is -0.800. The molecule has 0 saturated heterocycles. The van der Waals surface area contributed by atoms with E-state index in [1.165, 1.54) is 32.1 Å². The van der Waals surface area contributed by atoms with Crippen molar-refractivity contribution in [3.05, 3.63) is 9.81 Å². The quantitative estimate of drug-likeness (QED) is 0.694. The van der Waals surface area contributed by atoms with Gasteiger partial charge in [-0.2, -0.15) is 9.81 Å². The average molecular weight is 238 g/mol. The van der Waals surface area contributed by atoms with Crippen molar-refractivity contribution in [1.29, 1.82) is 0 Å². The van der Waals surface area contributed by atoms with Gasteiger partial charge in [0.2, 0.25) is 0 Å². The van der Waals surface area contributed by atoms with Crippen LogP contribution >= 0.6 is 0 Å². The van der Waals surface area contributed by atoms with Crippen LogP contribution in [0.5, 0.6) is 0 Å². The molecule has 2 aliphatic carbocycles. The van der Waals surface area contributed by atoms with Crippen LogP contribution in [0.3, 0.4) is 0 Å². The lowest BCUT2D eigenvalue weighted by Crippen LogP contribution is -2.22. The van der Waals surface area contributed by atoms with Gasteiger partial charge in [-0.15, -0.1) is 0 Å². The molecule has 0 heterocycles. The Morgan fingerprint density at radius 1 is 0.647 bits per heavy atom. The van der Waals surface area contributed by atoms with Crippen LogP contribution in [0, 0.1) is 21.6 Å². The summed E-state index contributed by atoms with van der Waals surface area (Å²) < 4.78 is 0. The number of hydrogen-bond donors (Lipinski definition) is 0. The molecule has 0 aromatic heterocycles. The van der Waals surface area contributed by atoms with Crippen LogP contribution in [0.15, 0.2) is 10.4 Å². The van der Waals surface area contributed by atoms with E-state index in [0.29, 0.717) is 0 Å². The van der Waals surface area contributed by atoms with E-state index in [1.54, 1.807) is 0 Å². The van der Waals surface area contributed by atoms with Crippen LogP contribution in [0.4, 0.5) is 0 Å². The molecular formula is C13H22N2O2.